The molecule has 0 amide bonds. The number of hydrogen-bond acceptors (Lipinski definition) is 2. The summed E-state index contributed by atoms with van der Waals surface area (Å²) in [6.07, 6.45) is 2.63. The molecule has 86 valence electrons. The number of nitrogens with two attached hydrogens (primary N) is 1. The summed E-state index contributed by atoms with van der Waals surface area (Å²) in [6.45, 7) is 2.95. The van der Waals surface area contributed by atoms with Crippen molar-refractivity contribution in [2.45, 2.75) is 37.8 Å². The van der Waals surface area contributed by atoms with Gasteiger partial charge >= 0.3 is 0 Å². The summed E-state index contributed by atoms with van der Waals surface area (Å²) >= 11 is 0. The van der Waals surface area contributed by atoms with Gasteiger partial charge in [0.2, 0.25) is 0 Å². The molecule has 0 aliphatic carbocycles. The summed E-state index contributed by atoms with van der Waals surface area (Å²) in [5.41, 5.74) is 8.75. The molecule has 2 saturated heterocycles. The molecular formula is C14H20N2. The molecule has 2 aliphatic rings. The molecule has 2 fully saturated rings. The SMILES string of the molecule is Cc1ccc(C2C3CCC(N3)C2CN)cc1. The number of benzene rings is 1. The minimum absolute atomic E-state index is 0.640. The van der Waals surface area contributed by atoms with Crippen molar-refractivity contribution in [1.82, 2.24) is 5.32 Å². The van der Waals surface area contributed by atoms with Gasteiger partial charge in [-0.1, -0.05) is 29.8 Å². The second kappa shape index (κ2) is 3.86. The molecule has 2 nitrogen and oxygen atoms in total. The van der Waals surface area contributed by atoms with Gasteiger partial charge in [0, 0.05) is 18.0 Å². The largest absolute Gasteiger partial charge is 0.330 e. The van der Waals surface area contributed by atoms with E-state index in [9.17, 15) is 0 Å². The fourth-order valence-electron chi connectivity index (χ4n) is 3.55. The Morgan fingerprint density at radius 2 is 1.88 bits per heavy atom. The molecule has 2 heterocycles. The lowest BCUT2D eigenvalue weighted by molar-refractivity contribution is 0.365. The van der Waals surface area contributed by atoms with Crippen molar-refractivity contribution in [3.8, 4) is 0 Å². The molecule has 2 aliphatic heterocycles. The van der Waals surface area contributed by atoms with Crippen LogP contribution < -0.4 is 11.1 Å². The lowest BCUT2D eigenvalue weighted by Crippen LogP contribution is -2.31. The van der Waals surface area contributed by atoms with Crippen molar-refractivity contribution in [3.63, 3.8) is 0 Å². The van der Waals surface area contributed by atoms with Crippen molar-refractivity contribution in [1.29, 1.82) is 0 Å². The van der Waals surface area contributed by atoms with E-state index in [0.29, 0.717) is 23.9 Å². The molecule has 0 spiro atoms. The van der Waals surface area contributed by atoms with E-state index in [1.807, 2.05) is 0 Å². The van der Waals surface area contributed by atoms with Gasteiger partial charge in [-0.05, 0) is 37.8 Å². The van der Waals surface area contributed by atoms with Crippen LogP contribution in [0.2, 0.25) is 0 Å². The van der Waals surface area contributed by atoms with Crippen LogP contribution in [0.1, 0.15) is 29.9 Å². The molecule has 16 heavy (non-hydrogen) atoms. The molecule has 0 aromatic heterocycles. The van der Waals surface area contributed by atoms with Gasteiger partial charge in [0.25, 0.3) is 0 Å². The van der Waals surface area contributed by atoms with Crippen molar-refractivity contribution < 1.29 is 0 Å². The quantitative estimate of drug-likeness (QED) is 0.791. The minimum Gasteiger partial charge on any atom is -0.330 e. The first-order valence-corrected chi connectivity index (χ1v) is 6.32. The summed E-state index contributed by atoms with van der Waals surface area (Å²) in [7, 11) is 0. The Labute approximate surface area is 97.2 Å². The van der Waals surface area contributed by atoms with Gasteiger partial charge in [0.05, 0.1) is 0 Å². The molecule has 0 saturated carbocycles. The number of nitrogens with one attached hydrogen (secondary N) is 1. The molecular weight excluding hydrogens is 196 g/mol. The monoisotopic (exact) mass is 216 g/mol. The van der Waals surface area contributed by atoms with Crippen LogP contribution in [0.25, 0.3) is 0 Å². The Balaban J connectivity index is 1.91. The lowest BCUT2D eigenvalue weighted by atomic mass is 9.75. The predicted octanol–water partition coefficient (Wildman–Crippen LogP) is 1.79. The average molecular weight is 216 g/mol. The third-order valence-electron chi connectivity index (χ3n) is 4.36. The van der Waals surface area contributed by atoms with Crippen molar-refractivity contribution in [2.75, 3.05) is 6.54 Å². The van der Waals surface area contributed by atoms with E-state index >= 15 is 0 Å². The highest BCUT2D eigenvalue weighted by Gasteiger charge is 2.46. The van der Waals surface area contributed by atoms with Gasteiger partial charge in [-0.15, -0.1) is 0 Å². The first-order valence-electron chi connectivity index (χ1n) is 6.32. The fourth-order valence-corrected chi connectivity index (χ4v) is 3.55. The molecule has 2 bridgehead atoms. The Morgan fingerprint density at radius 1 is 1.19 bits per heavy atom. The fraction of sp³-hybridized carbons (Fsp3) is 0.571. The molecule has 4 unspecified atom stereocenters. The van der Waals surface area contributed by atoms with Crippen LogP contribution in [-0.2, 0) is 0 Å². The van der Waals surface area contributed by atoms with E-state index in [2.05, 4.69) is 36.5 Å². The van der Waals surface area contributed by atoms with Gasteiger partial charge in [-0.2, -0.15) is 0 Å². The van der Waals surface area contributed by atoms with E-state index in [-0.39, 0.29) is 0 Å². The van der Waals surface area contributed by atoms with Crippen LogP contribution in [0.3, 0.4) is 0 Å². The Morgan fingerprint density at radius 3 is 2.56 bits per heavy atom. The minimum atomic E-state index is 0.640. The van der Waals surface area contributed by atoms with E-state index in [4.69, 9.17) is 5.73 Å². The third kappa shape index (κ3) is 1.48. The summed E-state index contributed by atoms with van der Waals surface area (Å²) in [4.78, 5) is 0. The molecule has 3 N–H and O–H groups in total. The molecule has 1 aromatic rings. The Bertz CT molecular complexity index is 371. The standard InChI is InChI=1S/C14H20N2/c1-9-2-4-10(5-3-9)14-11(8-15)12-6-7-13(14)16-12/h2-5,11-14,16H,6-8,15H2,1H3. The van der Waals surface area contributed by atoms with Gasteiger partial charge in [-0.3, -0.25) is 0 Å². The third-order valence-corrected chi connectivity index (χ3v) is 4.36. The van der Waals surface area contributed by atoms with Crippen LogP contribution in [0, 0.1) is 12.8 Å². The smallest absolute Gasteiger partial charge is 0.0143 e. The molecule has 4 atom stereocenters. The maximum Gasteiger partial charge on any atom is 0.0143 e. The molecule has 0 radical (unpaired) electrons. The summed E-state index contributed by atoms with van der Waals surface area (Å²) in [6, 6.07) is 10.3. The molecule has 1 aromatic carbocycles. The zero-order valence-electron chi connectivity index (χ0n) is 9.82. The van der Waals surface area contributed by atoms with E-state index in [1.54, 1.807) is 0 Å². The van der Waals surface area contributed by atoms with Crippen LogP contribution >= 0.6 is 0 Å². The second-order valence-electron chi connectivity index (χ2n) is 5.29. The summed E-state index contributed by atoms with van der Waals surface area (Å²) < 4.78 is 0. The van der Waals surface area contributed by atoms with Gasteiger partial charge < -0.3 is 11.1 Å². The highest BCUT2D eigenvalue weighted by molar-refractivity contribution is 5.29. The zero-order valence-corrected chi connectivity index (χ0v) is 9.82. The summed E-state index contributed by atoms with van der Waals surface area (Å²) in [5, 5.41) is 3.71. The van der Waals surface area contributed by atoms with Crippen LogP contribution in [0.4, 0.5) is 0 Å². The van der Waals surface area contributed by atoms with Gasteiger partial charge in [0.15, 0.2) is 0 Å². The lowest BCUT2D eigenvalue weighted by Gasteiger charge is -2.28. The maximum atomic E-state index is 5.94. The Hall–Kier alpha value is -0.860. The first kappa shape index (κ1) is 10.3. The van der Waals surface area contributed by atoms with Crippen molar-refractivity contribution in [2.24, 2.45) is 11.7 Å². The Kier molecular flexibility index (Phi) is 2.49. The normalized spacial score (nSPS) is 36.9. The van der Waals surface area contributed by atoms with E-state index in [1.165, 1.54) is 24.0 Å². The zero-order chi connectivity index (χ0) is 11.1. The van der Waals surface area contributed by atoms with E-state index < -0.39 is 0 Å². The van der Waals surface area contributed by atoms with Gasteiger partial charge in [-0.25, -0.2) is 0 Å². The second-order valence-corrected chi connectivity index (χ2v) is 5.29. The molecule has 3 rings (SSSR count). The maximum absolute atomic E-state index is 5.94. The number of rotatable bonds is 2. The van der Waals surface area contributed by atoms with Crippen LogP contribution in [0.15, 0.2) is 24.3 Å². The van der Waals surface area contributed by atoms with Crippen molar-refractivity contribution in [3.05, 3.63) is 35.4 Å². The highest BCUT2D eigenvalue weighted by Crippen LogP contribution is 2.43. The average Bonchev–Trinajstić information content (AvgIpc) is 2.89. The number of aryl methyl sites for hydroxylation is 1. The summed E-state index contributed by atoms with van der Waals surface area (Å²) in [5.74, 6) is 1.28. The highest BCUT2D eigenvalue weighted by atomic mass is 15.1. The van der Waals surface area contributed by atoms with E-state index in [0.717, 1.165) is 6.54 Å². The van der Waals surface area contributed by atoms with Gasteiger partial charge in [0.1, 0.15) is 0 Å². The van der Waals surface area contributed by atoms with Crippen LogP contribution in [-0.4, -0.2) is 18.6 Å². The van der Waals surface area contributed by atoms with Crippen LogP contribution in [0.5, 0.6) is 0 Å². The molecule has 2 heteroatoms. The predicted molar refractivity (Wildman–Crippen MR) is 66.4 cm³/mol. The number of fused-ring (bicyclic) bond motifs is 2. The number of hydrogen-bond donors (Lipinski definition) is 2. The van der Waals surface area contributed by atoms with Crippen molar-refractivity contribution >= 4 is 0 Å². The topological polar surface area (TPSA) is 38.0 Å². The first-order chi connectivity index (χ1) is 7.79.